The maximum Gasteiger partial charge on any atom is 0.0951 e. The van der Waals surface area contributed by atoms with Crippen molar-refractivity contribution in [3.05, 3.63) is 108 Å². The molecule has 0 fully saturated rings. The molecular weight excluding hydrogens is 368 g/mol. The van der Waals surface area contributed by atoms with Crippen LogP contribution >= 0.6 is 0 Å². The van der Waals surface area contributed by atoms with E-state index in [0.29, 0.717) is 0 Å². The lowest BCUT2D eigenvalue weighted by Gasteiger charge is -2.42. The second-order valence-corrected chi connectivity index (χ2v) is 8.92. The van der Waals surface area contributed by atoms with Crippen molar-refractivity contribution >= 4 is 0 Å². The van der Waals surface area contributed by atoms with Crippen LogP contribution in [-0.2, 0) is 5.54 Å². The van der Waals surface area contributed by atoms with E-state index >= 15 is 0 Å². The van der Waals surface area contributed by atoms with Gasteiger partial charge in [-0.05, 0) is 44.5 Å². The summed E-state index contributed by atoms with van der Waals surface area (Å²) in [6.45, 7) is 7.36. The number of hydrogen-bond acceptors (Lipinski definition) is 3. The summed E-state index contributed by atoms with van der Waals surface area (Å²) in [5.41, 5.74) is 2.90. The van der Waals surface area contributed by atoms with Gasteiger partial charge in [-0.15, -0.1) is 0 Å². The third-order valence-corrected chi connectivity index (χ3v) is 5.90. The van der Waals surface area contributed by atoms with Gasteiger partial charge in [0.05, 0.1) is 12.1 Å². The minimum Gasteiger partial charge on any atom is -0.395 e. The monoisotopic (exact) mass is 402 g/mol. The van der Waals surface area contributed by atoms with Crippen LogP contribution in [0, 0.1) is 0 Å². The average molecular weight is 403 g/mol. The van der Waals surface area contributed by atoms with Crippen molar-refractivity contribution in [3.8, 4) is 0 Å². The lowest BCUT2D eigenvalue weighted by atomic mass is 9.76. The highest BCUT2D eigenvalue weighted by Crippen LogP contribution is 2.37. The Hall–Kier alpha value is -2.46. The Bertz CT molecular complexity index is 792. The molecule has 0 saturated heterocycles. The first kappa shape index (κ1) is 22.2. The minimum absolute atomic E-state index is 0.0179. The lowest BCUT2D eigenvalue weighted by Crippen LogP contribution is -2.56. The van der Waals surface area contributed by atoms with E-state index in [-0.39, 0.29) is 18.2 Å². The Morgan fingerprint density at radius 1 is 0.733 bits per heavy atom. The molecule has 0 aliphatic rings. The van der Waals surface area contributed by atoms with Crippen molar-refractivity contribution in [2.45, 2.75) is 37.9 Å². The SMILES string of the molecule is CN(C[C@@H](CO)NC(c1ccccc1)(c1ccccc1)c1ccccc1)C(C)(C)C. The molecule has 0 saturated carbocycles. The molecule has 0 aromatic heterocycles. The first-order chi connectivity index (χ1) is 14.4. The Balaban J connectivity index is 2.16. The molecule has 0 heterocycles. The maximum absolute atomic E-state index is 10.4. The van der Waals surface area contributed by atoms with Gasteiger partial charge in [0.2, 0.25) is 0 Å². The van der Waals surface area contributed by atoms with E-state index in [1.165, 1.54) is 0 Å². The number of nitrogens with one attached hydrogen (secondary N) is 1. The summed E-state index contributed by atoms with van der Waals surface area (Å²) in [4.78, 5) is 2.28. The second-order valence-electron chi connectivity index (χ2n) is 8.92. The summed E-state index contributed by atoms with van der Waals surface area (Å²) in [6, 6.07) is 31.4. The van der Waals surface area contributed by atoms with Crippen LogP contribution in [0.5, 0.6) is 0 Å². The molecule has 0 bridgehead atoms. The van der Waals surface area contributed by atoms with Crippen LogP contribution < -0.4 is 5.32 Å². The van der Waals surface area contributed by atoms with Gasteiger partial charge in [-0.1, -0.05) is 91.0 Å². The zero-order valence-corrected chi connectivity index (χ0v) is 18.5. The van der Waals surface area contributed by atoms with Gasteiger partial charge in [-0.25, -0.2) is 0 Å². The quantitative estimate of drug-likeness (QED) is 0.538. The van der Waals surface area contributed by atoms with E-state index in [1.54, 1.807) is 0 Å². The van der Waals surface area contributed by atoms with Crippen LogP contribution in [0.3, 0.4) is 0 Å². The Morgan fingerprint density at radius 2 is 1.10 bits per heavy atom. The molecule has 3 nitrogen and oxygen atoms in total. The highest BCUT2D eigenvalue weighted by molar-refractivity contribution is 5.49. The molecule has 0 radical (unpaired) electrons. The molecule has 3 rings (SSSR count). The highest BCUT2D eigenvalue weighted by atomic mass is 16.3. The van der Waals surface area contributed by atoms with Crippen molar-refractivity contribution < 1.29 is 5.11 Å². The van der Waals surface area contributed by atoms with Gasteiger partial charge in [0.25, 0.3) is 0 Å². The molecule has 3 aromatic rings. The van der Waals surface area contributed by atoms with Crippen molar-refractivity contribution in [1.29, 1.82) is 0 Å². The number of aliphatic hydroxyl groups excluding tert-OH is 1. The van der Waals surface area contributed by atoms with Crippen LogP contribution in [0.15, 0.2) is 91.0 Å². The van der Waals surface area contributed by atoms with Crippen molar-refractivity contribution in [1.82, 2.24) is 10.2 Å². The van der Waals surface area contributed by atoms with Crippen LogP contribution in [-0.4, -0.2) is 41.8 Å². The molecule has 1 atom stereocenters. The fourth-order valence-electron chi connectivity index (χ4n) is 3.87. The van der Waals surface area contributed by atoms with Crippen molar-refractivity contribution in [2.24, 2.45) is 0 Å². The summed E-state index contributed by atoms with van der Waals surface area (Å²) in [5, 5.41) is 14.2. The average Bonchev–Trinajstić information content (AvgIpc) is 2.77. The van der Waals surface area contributed by atoms with Crippen molar-refractivity contribution in [3.63, 3.8) is 0 Å². The Labute approximate surface area is 181 Å². The van der Waals surface area contributed by atoms with Crippen LogP contribution in [0.1, 0.15) is 37.5 Å². The topological polar surface area (TPSA) is 35.5 Å². The molecule has 0 aliphatic heterocycles. The predicted octanol–water partition coefficient (Wildman–Crippen LogP) is 4.66. The van der Waals surface area contributed by atoms with Gasteiger partial charge in [0.15, 0.2) is 0 Å². The number of likely N-dealkylation sites (N-methyl/N-ethyl adjacent to an activating group) is 1. The smallest absolute Gasteiger partial charge is 0.0951 e. The van der Waals surface area contributed by atoms with Gasteiger partial charge in [0, 0.05) is 18.1 Å². The van der Waals surface area contributed by atoms with E-state index in [4.69, 9.17) is 0 Å². The van der Waals surface area contributed by atoms with E-state index in [9.17, 15) is 5.11 Å². The lowest BCUT2D eigenvalue weighted by molar-refractivity contribution is 0.122. The van der Waals surface area contributed by atoms with Gasteiger partial charge in [0.1, 0.15) is 0 Å². The van der Waals surface area contributed by atoms with Gasteiger partial charge in [-0.2, -0.15) is 0 Å². The van der Waals surface area contributed by atoms with Gasteiger partial charge in [-0.3, -0.25) is 10.2 Å². The van der Waals surface area contributed by atoms with E-state index in [2.05, 4.69) is 111 Å². The Kier molecular flexibility index (Phi) is 7.09. The largest absolute Gasteiger partial charge is 0.395 e. The molecule has 3 heteroatoms. The summed E-state index contributed by atoms with van der Waals surface area (Å²) in [5.74, 6) is 0. The summed E-state index contributed by atoms with van der Waals surface area (Å²) >= 11 is 0. The summed E-state index contributed by atoms with van der Waals surface area (Å²) < 4.78 is 0. The Morgan fingerprint density at radius 3 is 1.40 bits per heavy atom. The zero-order valence-electron chi connectivity index (χ0n) is 18.5. The van der Waals surface area contributed by atoms with Crippen LogP contribution in [0.25, 0.3) is 0 Å². The fourth-order valence-corrected chi connectivity index (χ4v) is 3.87. The minimum atomic E-state index is -0.574. The molecule has 0 amide bonds. The summed E-state index contributed by atoms with van der Waals surface area (Å²) in [6.07, 6.45) is 0. The molecule has 158 valence electrons. The second kappa shape index (κ2) is 9.57. The molecule has 2 N–H and O–H groups in total. The number of aliphatic hydroxyl groups is 1. The zero-order chi connectivity index (χ0) is 21.6. The third kappa shape index (κ3) is 4.81. The van der Waals surface area contributed by atoms with E-state index < -0.39 is 5.54 Å². The third-order valence-electron chi connectivity index (χ3n) is 5.90. The molecule has 0 aliphatic carbocycles. The van der Waals surface area contributed by atoms with Gasteiger partial charge < -0.3 is 5.11 Å². The number of rotatable bonds is 8. The van der Waals surface area contributed by atoms with Crippen molar-refractivity contribution in [2.75, 3.05) is 20.2 Å². The normalized spacial score (nSPS) is 13.4. The number of benzene rings is 3. The molecule has 0 spiro atoms. The molecule has 3 aromatic carbocycles. The summed E-state index contributed by atoms with van der Waals surface area (Å²) in [7, 11) is 2.11. The molecule has 0 unspecified atom stereocenters. The maximum atomic E-state index is 10.4. The molecular formula is C27H34N2O. The van der Waals surface area contributed by atoms with Crippen LogP contribution in [0.2, 0.25) is 0 Å². The molecule has 30 heavy (non-hydrogen) atoms. The first-order valence-electron chi connectivity index (χ1n) is 10.6. The first-order valence-corrected chi connectivity index (χ1v) is 10.6. The number of nitrogens with zero attached hydrogens (tertiary/aromatic N) is 1. The standard InChI is InChI=1S/C27H34N2O/c1-26(2,3)29(4)20-25(21-30)28-27(22-14-8-5-9-15-22,23-16-10-6-11-17-23)24-18-12-7-13-19-24/h5-19,25,28,30H,20-21H2,1-4H3/t25-/m0/s1. The predicted molar refractivity (Wildman–Crippen MR) is 126 cm³/mol. The van der Waals surface area contributed by atoms with E-state index in [1.807, 2.05) is 18.2 Å². The van der Waals surface area contributed by atoms with E-state index in [0.717, 1.165) is 23.2 Å². The number of hydrogen-bond donors (Lipinski definition) is 2. The van der Waals surface area contributed by atoms with Gasteiger partial charge >= 0.3 is 0 Å². The van der Waals surface area contributed by atoms with Crippen LogP contribution in [0.4, 0.5) is 0 Å². The highest BCUT2D eigenvalue weighted by Gasteiger charge is 2.38. The fraction of sp³-hybridized carbons (Fsp3) is 0.333.